The summed E-state index contributed by atoms with van der Waals surface area (Å²) in [5.41, 5.74) is 0.694. The Morgan fingerprint density at radius 1 is 1.32 bits per heavy atom. The number of piperidine rings is 1. The van der Waals surface area contributed by atoms with Gasteiger partial charge in [-0.25, -0.2) is 0 Å². The molecule has 0 atom stereocenters. The molecule has 1 amide bonds. The lowest BCUT2D eigenvalue weighted by Crippen LogP contribution is -2.36. The number of amides is 1. The minimum Gasteiger partial charge on any atom is -0.325 e. The van der Waals surface area contributed by atoms with Gasteiger partial charge >= 0.3 is 0 Å². The third-order valence-corrected chi connectivity index (χ3v) is 4.64. The zero-order valence-electron chi connectivity index (χ0n) is 13.3. The number of para-hydroxylation sites is 1. The Bertz CT molecular complexity index is 473. The fourth-order valence-electron chi connectivity index (χ4n) is 2.88. The number of hydrogen-bond donors (Lipinski definition) is 2. The topological polar surface area (TPSA) is 44.4 Å². The zero-order chi connectivity index (χ0) is 15.8. The van der Waals surface area contributed by atoms with Crippen molar-refractivity contribution in [1.29, 1.82) is 0 Å². The van der Waals surface area contributed by atoms with Crippen molar-refractivity contribution < 1.29 is 4.79 Å². The second kappa shape index (κ2) is 9.13. The van der Waals surface area contributed by atoms with E-state index in [2.05, 4.69) is 15.5 Å². The van der Waals surface area contributed by atoms with Crippen molar-refractivity contribution in [2.45, 2.75) is 25.7 Å². The van der Waals surface area contributed by atoms with Crippen LogP contribution in [0.5, 0.6) is 0 Å². The highest BCUT2D eigenvalue weighted by Crippen LogP contribution is 2.21. The van der Waals surface area contributed by atoms with Gasteiger partial charge in [0.05, 0.1) is 10.7 Å². The molecule has 0 saturated carbocycles. The molecule has 1 aromatic rings. The van der Waals surface area contributed by atoms with E-state index in [0.717, 1.165) is 32.1 Å². The maximum atomic E-state index is 12.0. The molecule has 22 heavy (non-hydrogen) atoms. The number of halogens is 1. The van der Waals surface area contributed by atoms with Crippen LogP contribution in [0.2, 0.25) is 5.02 Å². The minimum absolute atomic E-state index is 0.0328. The van der Waals surface area contributed by atoms with Crippen molar-refractivity contribution >= 4 is 23.2 Å². The van der Waals surface area contributed by atoms with Gasteiger partial charge < -0.3 is 15.5 Å². The summed E-state index contributed by atoms with van der Waals surface area (Å²) in [6.45, 7) is 4.14. The highest BCUT2D eigenvalue weighted by Gasteiger charge is 2.19. The van der Waals surface area contributed by atoms with Crippen LogP contribution in [0.15, 0.2) is 24.3 Å². The Kier molecular flexibility index (Phi) is 7.16. The van der Waals surface area contributed by atoms with Crippen LogP contribution in [0.4, 0.5) is 5.69 Å². The van der Waals surface area contributed by atoms with Crippen LogP contribution in [0, 0.1) is 5.92 Å². The second-order valence-corrected chi connectivity index (χ2v) is 6.36. The predicted molar refractivity (Wildman–Crippen MR) is 92.4 cm³/mol. The summed E-state index contributed by atoms with van der Waals surface area (Å²) in [6, 6.07) is 7.34. The van der Waals surface area contributed by atoms with Crippen LogP contribution in [0.1, 0.15) is 25.7 Å². The SMILES string of the molecule is CNCCC1CCN(CCC(=O)Nc2ccccc2Cl)CC1. The molecule has 1 saturated heterocycles. The number of carbonyl (C=O) groups excluding carboxylic acids is 1. The molecule has 0 bridgehead atoms. The first kappa shape index (κ1) is 17.3. The summed E-state index contributed by atoms with van der Waals surface area (Å²) in [5.74, 6) is 0.867. The molecular weight excluding hydrogens is 298 g/mol. The summed E-state index contributed by atoms with van der Waals surface area (Å²) in [6.07, 6.45) is 4.27. The maximum absolute atomic E-state index is 12.0. The molecule has 0 spiro atoms. The number of rotatable bonds is 7. The van der Waals surface area contributed by atoms with Crippen molar-refractivity contribution in [3.05, 3.63) is 29.3 Å². The molecule has 2 rings (SSSR count). The molecule has 5 heteroatoms. The number of nitrogens with zero attached hydrogens (tertiary/aromatic N) is 1. The lowest BCUT2D eigenvalue weighted by atomic mass is 9.93. The van der Waals surface area contributed by atoms with Crippen LogP contribution in [-0.2, 0) is 4.79 Å². The van der Waals surface area contributed by atoms with E-state index in [9.17, 15) is 4.79 Å². The number of likely N-dealkylation sites (tertiary alicyclic amines) is 1. The van der Waals surface area contributed by atoms with Gasteiger partial charge in [0.15, 0.2) is 0 Å². The molecule has 1 heterocycles. The fourth-order valence-corrected chi connectivity index (χ4v) is 3.07. The van der Waals surface area contributed by atoms with E-state index in [1.807, 2.05) is 25.2 Å². The second-order valence-electron chi connectivity index (χ2n) is 5.96. The summed E-state index contributed by atoms with van der Waals surface area (Å²) in [7, 11) is 2.01. The highest BCUT2D eigenvalue weighted by atomic mass is 35.5. The van der Waals surface area contributed by atoms with Gasteiger partial charge in [0, 0.05) is 13.0 Å². The van der Waals surface area contributed by atoms with Crippen molar-refractivity contribution in [3.8, 4) is 0 Å². The largest absolute Gasteiger partial charge is 0.325 e. The van der Waals surface area contributed by atoms with E-state index in [-0.39, 0.29) is 5.91 Å². The Hall–Kier alpha value is -1.10. The average molecular weight is 324 g/mol. The fraction of sp³-hybridized carbons (Fsp3) is 0.588. The standard InChI is InChI=1S/C17H26ClN3O/c1-19-10-6-14-7-11-21(12-8-14)13-9-17(22)20-16-5-3-2-4-15(16)18/h2-5,14,19H,6-13H2,1H3,(H,20,22). The summed E-state index contributed by atoms with van der Waals surface area (Å²) in [5, 5.41) is 6.68. The predicted octanol–water partition coefficient (Wildman–Crippen LogP) is 2.99. The number of hydrogen-bond acceptors (Lipinski definition) is 3. The molecule has 0 aromatic heterocycles. The van der Waals surface area contributed by atoms with Gasteiger partial charge in [0.2, 0.25) is 5.91 Å². The zero-order valence-corrected chi connectivity index (χ0v) is 14.0. The monoisotopic (exact) mass is 323 g/mol. The molecule has 1 aliphatic heterocycles. The Balaban J connectivity index is 1.66. The van der Waals surface area contributed by atoms with Crippen LogP contribution < -0.4 is 10.6 Å². The van der Waals surface area contributed by atoms with Crippen molar-refractivity contribution in [2.24, 2.45) is 5.92 Å². The first-order chi connectivity index (χ1) is 10.7. The van der Waals surface area contributed by atoms with Crippen LogP contribution in [0.25, 0.3) is 0 Å². The molecule has 0 aliphatic carbocycles. The van der Waals surface area contributed by atoms with E-state index in [1.54, 1.807) is 6.07 Å². The van der Waals surface area contributed by atoms with Gasteiger partial charge in [-0.3, -0.25) is 4.79 Å². The number of benzene rings is 1. The smallest absolute Gasteiger partial charge is 0.225 e. The third-order valence-electron chi connectivity index (χ3n) is 4.31. The first-order valence-electron chi connectivity index (χ1n) is 8.10. The molecule has 0 radical (unpaired) electrons. The molecule has 122 valence electrons. The molecule has 0 unspecified atom stereocenters. The molecule has 2 N–H and O–H groups in total. The number of carbonyl (C=O) groups is 1. The van der Waals surface area contributed by atoms with Crippen molar-refractivity contribution in [1.82, 2.24) is 10.2 Å². The van der Waals surface area contributed by atoms with Gasteiger partial charge in [-0.1, -0.05) is 23.7 Å². The maximum Gasteiger partial charge on any atom is 0.225 e. The third kappa shape index (κ3) is 5.59. The van der Waals surface area contributed by atoms with Gasteiger partial charge in [0.25, 0.3) is 0 Å². The molecule has 4 nitrogen and oxygen atoms in total. The molecular formula is C17H26ClN3O. The van der Waals surface area contributed by atoms with Crippen molar-refractivity contribution in [3.63, 3.8) is 0 Å². The lowest BCUT2D eigenvalue weighted by molar-refractivity contribution is -0.116. The van der Waals surface area contributed by atoms with E-state index >= 15 is 0 Å². The van der Waals surface area contributed by atoms with Gasteiger partial charge in [-0.05, 0) is 64.0 Å². The molecule has 1 aromatic carbocycles. The Morgan fingerprint density at radius 2 is 2.05 bits per heavy atom. The molecule has 1 fully saturated rings. The van der Waals surface area contributed by atoms with E-state index in [4.69, 9.17) is 11.6 Å². The van der Waals surface area contributed by atoms with E-state index in [0.29, 0.717) is 17.1 Å². The summed E-state index contributed by atoms with van der Waals surface area (Å²) < 4.78 is 0. The lowest BCUT2D eigenvalue weighted by Gasteiger charge is -2.31. The average Bonchev–Trinajstić information content (AvgIpc) is 2.54. The van der Waals surface area contributed by atoms with Crippen LogP contribution >= 0.6 is 11.6 Å². The van der Waals surface area contributed by atoms with Crippen LogP contribution in [-0.4, -0.2) is 44.0 Å². The normalized spacial score (nSPS) is 16.6. The van der Waals surface area contributed by atoms with Gasteiger partial charge in [-0.2, -0.15) is 0 Å². The summed E-state index contributed by atoms with van der Waals surface area (Å²) in [4.78, 5) is 14.4. The van der Waals surface area contributed by atoms with E-state index < -0.39 is 0 Å². The van der Waals surface area contributed by atoms with E-state index in [1.165, 1.54) is 19.3 Å². The summed E-state index contributed by atoms with van der Waals surface area (Å²) >= 11 is 6.04. The van der Waals surface area contributed by atoms with Crippen LogP contribution in [0.3, 0.4) is 0 Å². The quantitative estimate of drug-likeness (QED) is 0.810. The van der Waals surface area contributed by atoms with Gasteiger partial charge in [-0.15, -0.1) is 0 Å². The minimum atomic E-state index is 0.0328. The Morgan fingerprint density at radius 3 is 2.73 bits per heavy atom. The van der Waals surface area contributed by atoms with Gasteiger partial charge in [0.1, 0.15) is 0 Å². The Labute approximate surface area is 138 Å². The number of nitrogens with one attached hydrogen (secondary N) is 2. The number of anilines is 1. The molecule has 1 aliphatic rings. The highest BCUT2D eigenvalue weighted by molar-refractivity contribution is 6.33. The van der Waals surface area contributed by atoms with Crippen molar-refractivity contribution in [2.75, 3.05) is 38.5 Å². The first-order valence-corrected chi connectivity index (χ1v) is 8.48.